The van der Waals surface area contributed by atoms with E-state index in [4.69, 9.17) is 5.84 Å². The molecule has 2 aliphatic rings. The molecule has 0 aliphatic carbocycles. The highest BCUT2D eigenvalue weighted by molar-refractivity contribution is 5.79. The Morgan fingerprint density at radius 1 is 1.33 bits per heavy atom. The minimum Gasteiger partial charge on any atom is -0.340 e. The van der Waals surface area contributed by atoms with Crippen LogP contribution in [0.1, 0.15) is 39.0 Å². The second kappa shape index (κ2) is 6.38. The lowest BCUT2D eigenvalue weighted by molar-refractivity contribution is 0.245. The van der Waals surface area contributed by atoms with Crippen LogP contribution in [0.4, 0.5) is 0 Å². The number of unbranched alkanes of at least 4 members (excludes halogenated alkanes) is 1. The molecular weight excluding hydrogens is 226 g/mol. The fourth-order valence-electron chi connectivity index (χ4n) is 3.08. The Labute approximate surface area is 110 Å². The molecule has 18 heavy (non-hydrogen) atoms. The lowest BCUT2D eigenvalue weighted by Gasteiger charge is -2.28. The number of fused-ring (bicyclic) bond motifs is 2. The fourth-order valence-corrected chi connectivity index (χ4v) is 3.08. The molecule has 2 aliphatic heterocycles. The van der Waals surface area contributed by atoms with E-state index in [1.54, 1.807) is 0 Å². The molecule has 0 spiro atoms. The molecule has 5 nitrogen and oxygen atoms in total. The first kappa shape index (κ1) is 13.6. The van der Waals surface area contributed by atoms with Gasteiger partial charge in [-0.05, 0) is 32.7 Å². The fraction of sp³-hybridized carbons (Fsp3) is 0.923. The van der Waals surface area contributed by atoms with Crippen LogP contribution in [-0.2, 0) is 0 Å². The van der Waals surface area contributed by atoms with Gasteiger partial charge in [0.25, 0.3) is 0 Å². The number of likely N-dealkylation sites (N-methyl/N-ethyl adjacent to an activating group) is 1. The summed E-state index contributed by atoms with van der Waals surface area (Å²) in [6, 6.07) is 1.43. The van der Waals surface area contributed by atoms with E-state index < -0.39 is 0 Å². The van der Waals surface area contributed by atoms with Crippen molar-refractivity contribution >= 4 is 5.96 Å². The summed E-state index contributed by atoms with van der Waals surface area (Å²) in [7, 11) is 2.26. The van der Waals surface area contributed by atoms with Crippen molar-refractivity contribution in [2.45, 2.75) is 51.1 Å². The standard InChI is InChI=1S/C13H27N5/c1-3-4-8-15-13(16-14)18-9-7-11-5-6-12(10-18)17(11)2/h11-12H,3-10,14H2,1-2H3,(H,15,16). The third kappa shape index (κ3) is 2.95. The van der Waals surface area contributed by atoms with Crippen molar-refractivity contribution in [2.24, 2.45) is 10.8 Å². The van der Waals surface area contributed by atoms with Gasteiger partial charge in [0.2, 0.25) is 5.96 Å². The predicted octanol–water partition coefficient (Wildman–Crippen LogP) is 0.774. The summed E-state index contributed by atoms with van der Waals surface area (Å²) < 4.78 is 0. The number of hydrazine groups is 1. The van der Waals surface area contributed by atoms with Crippen LogP contribution >= 0.6 is 0 Å². The maximum absolute atomic E-state index is 5.63. The molecule has 0 amide bonds. The molecule has 2 unspecified atom stereocenters. The van der Waals surface area contributed by atoms with Crippen LogP contribution in [0.15, 0.2) is 4.99 Å². The second-order valence-corrected chi connectivity index (χ2v) is 5.49. The summed E-state index contributed by atoms with van der Waals surface area (Å²) in [6.45, 7) is 5.18. The third-order valence-corrected chi connectivity index (χ3v) is 4.35. The number of nitrogens with one attached hydrogen (secondary N) is 1. The largest absolute Gasteiger partial charge is 0.340 e. The number of likely N-dealkylation sites (tertiary alicyclic amines) is 1. The molecule has 2 heterocycles. The van der Waals surface area contributed by atoms with Crippen LogP contribution in [0.2, 0.25) is 0 Å². The molecule has 0 aromatic rings. The Bertz CT molecular complexity index is 291. The van der Waals surface area contributed by atoms with Crippen LogP contribution < -0.4 is 11.3 Å². The highest BCUT2D eigenvalue weighted by atomic mass is 15.4. The van der Waals surface area contributed by atoms with Gasteiger partial charge in [-0.1, -0.05) is 13.3 Å². The maximum atomic E-state index is 5.63. The molecular formula is C13H27N5. The monoisotopic (exact) mass is 253 g/mol. The minimum absolute atomic E-state index is 0.669. The van der Waals surface area contributed by atoms with Gasteiger partial charge in [-0.3, -0.25) is 15.3 Å². The van der Waals surface area contributed by atoms with E-state index in [9.17, 15) is 0 Å². The number of rotatable bonds is 3. The van der Waals surface area contributed by atoms with Crippen molar-refractivity contribution in [3.05, 3.63) is 0 Å². The van der Waals surface area contributed by atoms with Crippen LogP contribution in [0, 0.1) is 0 Å². The summed E-state index contributed by atoms with van der Waals surface area (Å²) in [4.78, 5) is 9.47. The Morgan fingerprint density at radius 2 is 2.11 bits per heavy atom. The van der Waals surface area contributed by atoms with Gasteiger partial charge >= 0.3 is 0 Å². The molecule has 2 fully saturated rings. The van der Waals surface area contributed by atoms with Gasteiger partial charge in [-0.2, -0.15) is 0 Å². The highest BCUT2D eigenvalue weighted by Gasteiger charge is 2.35. The van der Waals surface area contributed by atoms with Crippen LogP contribution in [-0.4, -0.2) is 54.5 Å². The number of nitrogens with zero attached hydrogens (tertiary/aromatic N) is 3. The van der Waals surface area contributed by atoms with Crippen molar-refractivity contribution in [1.82, 2.24) is 15.2 Å². The maximum Gasteiger partial charge on any atom is 0.208 e. The number of aliphatic imine (C=N–C) groups is 1. The first-order chi connectivity index (χ1) is 8.76. The Morgan fingerprint density at radius 3 is 2.83 bits per heavy atom. The van der Waals surface area contributed by atoms with Crippen LogP contribution in [0.3, 0.4) is 0 Å². The van der Waals surface area contributed by atoms with Crippen LogP contribution in [0.5, 0.6) is 0 Å². The van der Waals surface area contributed by atoms with E-state index in [2.05, 4.69) is 34.2 Å². The van der Waals surface area contributed by atoms with Crippen molar-refractivity contribution in [3.8, 4) is 0 Å². The molecule has 0 aromatic carbocycles. The van der Waals surface area contributed by atoms with E-state index in [0.717, 1.165) is 38.1 Å². The second-order valence-electron chi connectivity index (χ2n) is 5.49. The van der Waals surface area contributed by atoms with Gasteiger partial charge in [-0.15, -0.1) is 0 Å². The zero-order valence-corrected chi connectivity index (χ0v) is 11.7. The topological polar surface area (TPSA) is 56.9 Å². The lowest BCUT2D eigenvalue weighted by atomic mass is 10.1. The molecule has 0 radical (unpaired) electrons. The van der Waals surface area contributed by atoms with Gasteiger partial charge < -0.3 is 4.90 Å². The number of nitrogens with two attached hydrogens (primary N) is 1. The van der Waals surface area contributed by atoms with Crippen molar-refractivity contribution < 1.29 is 0 Å². The molecule has 2 bridgehead atoms. The molecule has 2 rings (SSSR count). The van der Waals surface area contributed by atoms with Crippen molar-refractivity contribution in [2.75, 3.05) is 26.7 Å². The average molecular weight is 253 g/mol. The van der Waals surface area contributed by atoms with Gasteiger partial charge in [0, 0.05) is 31.7 Å². The smallest absolute Gasteiger partial charge is 0.208 e. The Hall–Kier alpha value is -0.810. The number of hydrogen-bond donors (Lipinski definition) is 2. The van der Waals surface area contributed by atoms with E-state index in [1.165, 1.54) is 25.7 Å². The van der Waals surface area contributed by atoms with E-state index >= 15 is 0 Å². The molecule has 2 atom stereocenters. The predicted molar refractivity (Wildman–Crippen MR) is 75.3 cm³/mol. The quantitative estimate of drug-likeness (QED) is 0.256. The zero-order chi connectivity index (χ0) is 13.0. The summed E-state index contributed by atoms with van der Waals surface area (Å²) in [5, 5.41) is 0. The SMILES string of the molecule is CCCCN=C(NN)N1CCC2CCC(C1)N2C. The Kier molecular flexibility index (Phi) is 4.83. The van der Waals surface area contributed by atoms with Crippen LogP contribution in [0.25, 0.3) is 0 Å². The first-order valence-corrected chi connectivity index (χ1v) is 7.24. The van der Waals surface area contributed by atoms with E-state index in [0.29, 0.717) is 6.04 Å². The minimum atomic E-state index is 0.669. The molecule has 3 N–H and O–H groups in total. The first-order valence-electron chi connectivity index (χ1n) is 7.24. The molecule has 104 valence electrons. The van der Waals surface area contributed by atoms with Gasteiger partial charge in [0.05, 0.1) is 0 Å². The Balaban J connectivity index is 1.97. The van der Waals surface area contributed by atoms with Gasteiger partial charge in [-0.25, -0.2) is 5.84 Å². The van der Waals surface area contributed by atoms with Gasteiger partial charge in [0.15, 0.2) is 0 Å². The molecule has 5 heteroatoms. The number of hydrogen-bond acceptors (Lipinski definition) is 3. The normalized spacial score (nSPS) is 29.5. The summed E-state index contributed by atoms with van der Waals surface area (Å²) >= 11 is 0. The summed E-state index contributed by atoms with van der Waals surface area (Å²) in [6.07, 6.45) is 6.19. The number of guanidine groups is 1. The molecule has 0 aromatic heterocycles. The highest BCUT2D eigenvalue weighted by Crippen LogP contribution is 2.28. The average Bonchev–Trinajstić information content (AvgIpc) is 2.60. The third-order valence-electron chi connectivity index (χ3n) is 4.35. The van der Waals surface area contributed by atoms with Crippen molar-refractivity contribution in [3.63, 3.8) is 0 Å². The van der Waals surface area contributed by atoms with Crippen molar-refractivity contribution in [1.29, 1.82) is 0 Å². The molecule has 2 saturated heterocycles. The molecule has 0 saturated carbocycles. The summed E-state index contributed by atoms with van der Waals surface area (Å²) in [5.41, 5.74) is 2.79. The van der Waals surface area contributed by atoms with Gasteiger partial charge in [0.1, 0.15) is 0 Å². The lowest BCUT2D eigenvalue weighted by Crippen LogP contribution is -2.48. The summed E-state index contributed by atoms with van der Waals surface area (Å²) in [5.74, 6) is 6.51. The zero-order valence-electron chi connectivity index (χ0n) is 11.7. The van der Waals surface area contributed by atoms with E-state index in [-0.39, 0.29) is 0 Å². The van der Waals surface area contributed by atoms with E-state index in [1.807, 2.05) is 0 Å².